The quantitative estimate of drug-likeness (QED) is 0.658. The van der Waals surface area contributed by atoms with Crippen LogP contribution >= 0.6 is 0 Å². The Labute approximate surface area is 92.1 Å². The van der Waals surface area contributed by atoms with Crippen molar-refractivity contribution in [3.63, 3.8) is 0 Å². The van der Waals surface area contributed by atoms with Crippen LogP contribution in [0, 0.1) is 17.3 Å². The highest BCUT2D eigenvalue weighted by Gasteiger charge is 2.49. The van der Waals surface area contributed by atoms with Crippen LogP contribution in [0.1, 0.15) is 33.6 Å². The lowest BCUT2D eigenvalue weighted by Gasteiger charge is -2.47. The van der Waals surface area contributed by atoms with Crippen LogP contribution in [0.15, 0.2) is 0 Å². The van der Waals surface area contributed by atoms with Crippen molar-refractivity contribution in [2.45, 2.75) is 33.6 Å². The van der Waals surface area contributed by atoms with Crippen molar-refractivity contribution in [2.24, 2.45) is 17.3 Å². The van der Waals surface area contributed by atoms with Crippen molar-refractivity contribution < 1.29 is 14.3 Å². The first-order valence-corrected chi connectivity index (χ1v) is 5.73. The lowest BCUT2D eigenvalue weighted by molar-refractivity contribution is -0.186. The molecule has 0 aromatic heterocycles. The SMILES string of the molecule is CCCC1(C(C(=O)OC)C(C)C)COC1. The molecule has 3 heteroatoms. The molecule has 0 radical (unpaired) electrons. The van der Waals surface area contributed by atoms with Crippen LogP contribution in [-0.4, -0.2) is 26.3 Å². The van der Waals surface area contributed by atoms with Gasteiger partial charge in [0.1, 0.15) is 0 Å². The Morgan fingerprint density at radius 1 is 1.47 bits per heavy atom. The van der Waals surface area contributed by atoms with E-state index in [9.17, 15) is 4.79 Å². The molecule has 1 rings (SSSR count). The second kappa shape index (κ2) is 4.97. The highest BCUT2D eigenvalue weighted by Crippen LogP contribution is 2.44. The minimum atomic E-state index is -0.0817. The summed E-state index contributed by atoms with van der Waals surface area (Å²) in [6.07, 6.45) is 2.13. The van der Waals surface area contributed by atoms with Crippen LogP contribution in [-0.2, 0) is 14.3 Å². The molecule has 1 atom stereocenters. The van der Waals surface area contributed by atoms with Gasteiger partial charge in [0.15, 0.2) is 0 Å². The molecule has 1 aliphatic rings. The normalized spacial score (nSPS) is 20.9. The summed E-state index contributed by atoms with van der Waals surface area (Å²) in [5.74, 6) is 0.214. The van der Waals surface area contributed by atoms with Gasteiger partial charge in [0.2, 0.25) is 0 Å². The third kappa shape index (κ3) is 2.33. The maximum absolute atomic E-state index is 11.8. The first-order chi connectivity index (χ1) is 7.07. The minimum Gasteiger partial charge on any atom is -0.469 e. The predicted octanol–water partition coefficient (Wildman–Crippen LogP) is 2.25. The summed E-state index contributed by atoms with van der Waals surface area (Å²) < 4.78 is 10.2. The lowest BCUT2D eigenvalue weighted by Crippen LogP contribution is -2.53. The monoisotopic (exact) mass is 214 g/mol. The second-order valence-electron chi connectivity index (χ2n) is 4.85. The molecule has 0 spiro atoms. The average Bonchev–Trinajstić information content (AvgIpc) is 2.13. The standard InChI is InChI=1S/C12H22O3/c1-5-6-12(7-15-8-12)10(9(2)3)11(13)14-4/h9-10H,5-8H2,1-4H3. The van der Waals surface area contributed by atoms with Gasteiger partial charge in [-0.15, -0.1) is 0 Å². The molecule has 1 unspecified atom stereocenters. The Hall–Kier alpha value is -0.570. The number of hydrogen-bond acceptors (Lipinski definition) is 3. The van der Waals surface area contributed by atoms with E-state index in [1.54, 1.807) is 0 Å². The Kier molecular flexibility index (Phi) is 4.14. The third-order valence-electron chi connectivity index (χ3n) is 3.31. The van der Waals surface area contributed by atoms with Gasteiger partial charge in [-0.1, -0.05) is 27.2 Å². The van der Waals surface area contributed by atoms with E-state index in [0.717, 1.165) is 12.8 Å². The first kappa shape index (κ1) is 12.5. The maximum atomic E-state index is 11.8. The maximum Gasteiger partial charge on any atom is 0.309 e. The zero-order chi connectivity index (χ0) is 11.5. The van der Waals surface area contributed by atoms with Crippen molar-refractivity contribution in [1.29, 1.82) is 0 Å². The van der Waals surface area contributed by atoms with Gasteiger partial charge in [0.25, 0.3) is 0 Å². The lowest BCUT2D eigenvalue weighted by atomic mass is 9.66. The number of carbonyl (C=O) groups is 1. The highest BCUT2D eigenvalue weighted by atomic mass is 16.5. The van der Waals surface area contributed by atoms with Gasteiger partial charge in [0, 0.05) is 5.41 Å². The van der Waals surface area contributed by atoms with E-state index in [0.29, 0.717) is 19.1 Å². The summed E-state index contributed by atoms with van der Waals surface area (Å²) in [7, 11) is 1.47. The van der Waals surface area contributed by atoms with E-state index in [1.807, 2.05) is 0 Å². The highest BCUT2D eigenvalue weighted by molar-refractivity contribution is 5.73. The van der Waals surface area contributed by atoms with Crippen LogP contribution in [0.4, 0.5) is 0 Å². The fourth-order valence-electron chi connectivity index (χ4n) is 2.70. The molecule has 3 nitrogen and oxygen atoms in total. The fraction of sp³-hybridized carbons (Fsp3) is 0.917. The smallest absolute Gasteiger partial charge is 0.309 e. The number of carbonyl (C=O) groups excluding carboxylic acids is 1. The summed E-state index contributed by atoms with van der Waals surface area (Å²) in [5.41, 5.74) is 0.0377. The molecule has 0 amide bonds. The van der Waals surface area contributed by atoms with Crippen molar-refractivity contribution in [3.05, 3.63) is 0 Å². The summed E-state index contributed by atoms with van der Waals surface area (Å²) in [6.45, 7) is 7.72. The molecule has 0 aromatic carbocycles. The van der Waals surface area contributed by atoms with Gasteiger partial charge in [-0.2, -0.15) is 0 Å². The predicted molar refractivity (Wildman–Crippen MR) is 58.5 cm³/mol. The number of rotatable bonds is 5. The summed E-state index contributed by atoms with van der Waals surface area (Å²) in [6, 6.07) is 0. The minimum absolute atomic E-state index is 0.0174. The molecule has 0 aliphatic carbocycles. The Balaban J connectivity index is 2.81. The molecule has 1 heterocycles. The molecule has 1 fully saturated rings. The van der Waals surface area contributed by atoms with Crippen molar-refractivity contribution in [2.75, 3.05) is 20.3 Å². The third-order valence-corrected chi connectivity index (χ3v) is 3.31. The molecule has 1 saturated heterocycles. The van der Waals surface area contributed by atoms with Crippen molar-refractivity contribution in [1.82, 2.24) is 0 Å². The summed E-state index contributed by atoms with van der Waals surface area (Å²) in [5, 5.41) is 0. The van der Waals surface area contributed by atoms with Crippen LogP contribution in [0.5, 0.6) is 0 Å². The number of hydrogen-bond donors (Lipinski definition) is 0. The summed E-state index contributed by atoms with van der Waals surface area (Å²) >= 11 is 0. The molecule has 15 heavy (non-hydrogen) atoms. The summed E-state index contributed by atoms with van der Waals surface area (Å²) in [4.78, 5) is 11.8. The van der Waals surface area contributed by atoms with E-state index in [-0.39, 0.29) is 17.3 Å². The topological polar surface area (TPSA) is 35.5 Å². The molecular weight excluding hydrogens is 192 g/mol. The molecule has 0 aromatic rings. The fourth-order valence-corrected chi connectivity index (χ4v) is 2.70. The van der Waals surface area contributed by atoms with Gasteiger partial charge >= 0.3 is 5.97 Å². The largest absolute Gasteiger partial charge is 0.469 e. The van der Waals surface area contributed by atoms with Crippen LogP contribution < -0.4 is 0 Å². The Morgan fingerprint density at radius 3 is 2.33 bits per heavy atom. The van der Waals surface area contributed by atoms with E-state index in [4.69, 9.17) is 9.47 Å². The first-order valence-electron chi connectivity index (χ1n) is 5.73. The molecule has 0 saturated carbocycles. The molecule has 0 bridgehead atoms. The molecule has 0 N–H and O–H groups in total. The number of esters is 1. The average molecular weight is 214 g/mol. The zero-order valence-corrected chi connectivity index (χ0v) is 10.2. The van der Waals surface area contributed by atoms with Crippen LogP contribution in [0.2, 0.25) is 0 Å². The Bertz CT molecular complexity index is 219. The van der Waals surface area contributed by atoms with Gasteiger partial charge in [-0.05, 0) is 12.3 Å². The zero-order valence-electron chi connectivity index (χ0n) is 10.2. The van der Waals surface area contributed by atoms with Gasteiger partial charge in [-0.3, -0.25) is 4.79 Å². The van der Waals surface area contributed by atoms with Gasteiger partial charge in [-0.25, -0.2) is 0 Å². The van der Waals surface area contributed by atoms with Gasteiger partial charge < -0.3 is 9.47 Å². The molecular formula is C12H22O3. The van der Waals surface area contributed by atoms with Crippen molar-refractivity contribution >= 4 is 5.97 Å². The molecule has 88 valence electrons. The van der Waals surface area contributed by atoms with E-state index >= 15 is 0 Å². The number of ether oxygens (including phenoxy) is 2. The van der Waals surface area contributed by atoms with Crippen molar-refractivity contribution in [3.8, 4) is 0 Å². The Morgan fingerprint density at radius 2 is 2.07 bits per heavy atom. The second-order valence-corrected chi connectivity index (χ2v) is 4.85. The van der Waals surface area contributed by atoms with E-state index in [2.05, 4.69) is 20.8 Å². The van der Waals surface area contributed by atoms with Gasteiger partial charge in [0.05, 0.1) is 26.2 Å². The van der Waals surface area contributed by atoms with E-state index in [1.165, 1.54) is 7.11 Å². The van der Waals surface area contributed by atoms with Crippen LogP contribution in [0.25, 0.3) is 0 Å². The molecule has 1 aliphatic heterocycles. The van der Waals surface area contributed by atoms with E-state index < -0.39 is 0 Å². The number of methoxy groups -OCH3 is 1. The van der Waals surface area contributed by atoms with Crippen LogP contribution in [0.3, 0.4) is 0 Å².